The van der Waals surface area contributed by atoms with Crippen molar-refractivity contribution in [2.75, 3.05) is 16.0 Å². The lowest BCUT2D eigenvalue weighted by molar-refractivity contribution is -0.117. The number of hydrogen-bond donors (Lipinski definition) is 4. The monoisotopic (exact) mass is 464 g/mol. The van der Waals surface area contributed by atoms with Crippen LogP contribution in [0.1, 0.15) is 16.7 Å². The van der Waals surface area contributed by atoms with Gasteiger partial charge in [-0.05, 0) is 48.1 Å². The zero-order chi connectivity index (χ0) is 24.6. The molecule has 1 amide bonds. The van der Waals surface area contributed by atoms with Gasteiger partial charge < -0.3 is 21.7 Å². The zero-order valence-electron chi connectivity index (χ0n) is 20.0. The van der Waals surface area contributed by atoms with Crippen molar-refractivity contribution in [2.24, 2.45) is 5.73 Å². The van der Waals surface area contributed by atoms with E-state index in [0.717, 1.165) is 22.5 Å². The molecule has 0 saturated carbocycles. The second-order valence-electron chi connectivity index (χ2n) is 8.56. The van der Waals surface area contributed by atoms with Crippen molar-refractivity contribution in [1.29, 1.82) is 0 Å². The number of nitrogens with one attached hydrogen (secondary N) is 3. The summed E-state index contributed by atoms with van der Waals surface area (Å²) in [5, 5.41) is 9.50. The second kappa shape index (κ2) is 11.3. The number of hydrogen-bond acceptors (Lipinski definition) is 6. The fourth-order valence-corrected chi connectivity index (χ4v) is 3.69. The summed E-state index contributed by atoms with van der Waals surface area (Å²) in [6.45, 7) is 2.75. The highest BCUT2D eigenvalue weighted by molar-refractivity contribution is 6.35. The third kappa shape index (κ3) is 6.91. The third-order valence-electron chi connectivity index (χ3n) is 5.54. The maximum absolute atomic E-state index is 12.6. The first kappa shape index (κ1) is 24.0. The number of carbonyl (C=O) groups excluding carboxylic acids is 1. The topological polar surface area (TPSA) is 105 Å². The van der Waals surface area contributed by atoms with E-state index in [2.05, 4.69) is 51.0 Å². The first-order chi connectivity index (χ1) is 17.0. The zero-order valence-corrected chi connectivity index (χ0v) is 20.0. The van der Waals surface area contributed by atoms with Gasteiger partial charge in [0.05, 0.1) is 6.04 Å². The fraction of sp³-hybridized carbons (Fsp3) is 0.148. The summed E-state index contributed by atoms with van der Waals surface area (Å²) in [5.74, 6) is 0.993. The van der Waals surface area contributed by atoms with Gasteiger partial charge in [0.1, 0.15) is 13.7 Å². The number of anilines is 4. The van der Waals surface area contributed by atoms with Crippen LogP contribution in [0.15, 0.2) is 85.1 Å². The molecule has 1 aromatic heterocycles. The molecule has 0 saturated heterocycles. The van der Waals surface area contributed by atoms with Gasteiger partial charge in [0, 0.05) is 24.1 Å². The van der Waals surface area contributed by atoms with Crippen LogP contribution in [-0.4, -0.2) is 29.8 Å². The van der Waals surface area contributed by atoms with Crippen molar-refractivity contribution < 1.29 is 4.79 Å². The van der Waals surface area contributed by atoms with Crippen LogP contribution in [0.2, 0.25) is 0 Å². The Morgan fingerprint density at radius 2 is 1.71 bits per heavy atom. The predicted octanol–water partition coefficient (Wildman–Crippen LogP) is 2.91. The maximum atomic E-state index is 12.6. The number of benzene rings is 3. The number of rotatable bonds is 9. The molecule has 8 heteroatoms. The largest absolute Gasteiger partial charge is 0.366 e. The molecule has 0 aliphatic rings. The van der Waals surface area contributed by atoms with Crippen molar-refractivity contribution in [3.8, 4) is 0 Å². The molecule has 0 bridgehead atoms. The molecular formula is C27H29BN6O. The molecule has 176 valence electrons. The molecule has 0 radical (unpaired) electrons. The number of amides is 1. The Labute approximate surface area is 206 Å². The SMILES string of the molecule is Bc1cnc(Nc2cccc(NC(=O)C(N)Cc3ccccc3)c2)nc1NCc1cccc(C)c1. The van der Waals surface area contributed by atoms with Crippen LogP contribution in [0.4, 0.5) is 23.1 Å². The number of nitrogens with zero attached hydrogens (tertiary/aromatic N) is 2. The summed E-state index contributed by atoms with van der Waals surface area (Å²) in [5.41, 5.74) is 11.9. The summed E-state index contributed by atoms with van der Waals surface area (Å²) in [4.78, 5) is 21.6. The van der Waals surface area contributed by atoms with E-state index in [1.165, 1.54) is 11.1 Å². The molecule has 1 atom stereocenters. The molecular weight excluding hydrogens is 435 g/mol. The number of aromatic nitrogens is 2. The molecule has 0 aliphatic carbocycles. The van der Waals surface area contributed by atoms with Crippen LogP contribution >= 0.6 is 0 Å². The van der Waals surface area contributed by atoms with Crippen molar-refractivity contribution in [1.82, 2.24) is 9.97 Å². The van der Waals surface area contributed by atoms with Gasteiger partial charge in [0.2, 0.25) is 11.9 Å². The lowest BCUT2D eigenvalue weighted by Crippen LogP contribution is -2.37. The van der Waals surface area contributed by atoms with Gasteiger partial charge in [0.15, 0.2) is 0 Å². The molecule has 4 aromatic rings. The Kier molecular flexibility index (Phi) is 7.75. The van der Waals surface area contributed by atoms with Gasteiger partial charge in [-0.25, -0.2) is 4.98 Å². The minimum atomic E-state index is -0.642. The van der Waals surface area contributed by atoms with Crippen LogP contribution in [0.3, 0.4) is 0 Å². The summed E-state index contributed by atoms with van der Waals surface area (Å²) < 4.78 is 0. The second-order valence-corrected chi connectivity index (χ2v) is 8.56. The first-order valence-electron chi connectivity index (χ1n) is 11.6. The minimum absolute atomic E-state index is 0.236. The van der Waals surface area contributed by atoms with Gasteiger partial charge in [-0.1, -0.05) is 66.2 Å². The standard InChI is InChI=1S/C27H29BN6O/c1-18-7-5-10-20(13-18)16-30-25-23(28)17-31-27(34-25)33-22-12-6-11-21(15-22)32-26(35)24(29)14-19-8-3-2-4-9-19/h2-13,15,17,24H,14,16,28-29H2,1H3,(H,32,35)(H2,30,31,33,34). The van der Waals surface area contributed by atoms with Gasteiger partial charge in [-0.2, -0.15) is 4.98 Å². The molecule has 1 heterocycles. The molecule has 5 N–H and O–H groups in total. The van der Waals surface area contributed by atoms with Gasteiger partial charge >= 0.3 is 0 Å². The Hall–Kier alpha value is -4.17. The molecule has 4 rings (SSSR count). The Morgan fingerprint density at radius 1 is 0.971 bits per heavy atom. The summed E-state index contributed by atoms with van der Waals surface area (Å²) in [6, 6.07) is 24.8. The third-order valence-corrected chi connectivity index (χ3v) is 5.54. The number of aryl methyl sites for hydroxylation is 1. The molecule has 35 heavy (non-hydrogen) atoms. The maximum Gasteiger partial charge on any atom is 0.241 e. The summed E-state index contributed by atoms with van der Waals surface area (Å²) in [7, 11) is 1.97. The van der Waals surface area contributed by atoms with Crippen LogP contribution in [0.25, 0.3) is 0 Å². The van der Waals surface area contributed by atoms with Crippen molar-refractivity contribution >= 4 is 42.4 Å². The molecule has 1 unspecified atom stereocenters. The summed E-state index contributed by atoms with van der Waals surface area (Å²) in [6.07, 6.45) is 2.25. The number of nitrogens with two attached hydrogens (primary N) is 1. The average Bonchev–Trinajstić information content (AvgIpc) is 2.85. The van der Waals surface area contributed by atoms with E-state index in [1.54, 1.807) is 6.20 Å². The van der Waals surface area contributed by atoms with E-state index in [4.69, 9.17) is 5.73 Å². The Balaban J connectivity index is 1.39. The van der Waals surface area contributed by atoms with Crippen molar-refractivity contribution in [3.63, 3.8) is 0 Å². The van der Waals surface area contributed by atoms with E-state index < -0.39 is 6.04 Å². The molecule has 0 spiro atoms. The van der Waals surface area contributed by atoms with E-state index >= 15 is 0 Å². The van der Waals surface area contributed by atoms with E-state index in [0.29, 0.717) is 24.6 Å². The van der Waals surface area contributed by atoms with E-state index in [9.17, 15) is 4.79 Å². The first-order valence-corrected chi connectivity index (χ1v) is 11.6. The van der Waals surface area contributed by atoms with Crippen LogP contribution in [-0.2, 0) is 17.8 Å². The van der Waals surface area contributed by atoms with E-state index in [1.807, 2.05) is 68.5 Å². The van der Waals surface area contributed by atoms with Crippen LogP contribution < -0.4 is 27.1 Å². The Bertz CT molecular complexity index is 1300. The van der Waals surface area contributed by atoms with Crippen molar-refractivity contribution in [3.05, 3.63) is 102 Å². The fourth-order valence-electron chi connectivity index (χ4n) is 3.69. The normalized spacial score (nSPS) is 11.5. The number of carbonyl (C=O) groups is 1. The Morgan fingerprint density at radius 3 is 2.51 bits per heavy atom. The van der Waals surface area contributed by atoms with E-state index in [-0.39, 0.29) is 5.91 Å². The molecule has 0 aliphatic heterocycles. The highest BCUT2D eigenvalue weighted by Crippen LogP contribution is 2.19. The molecule has 0 fully saturated rings. The van der Waals surface area contributed by atoms with Gasteiger partial charge in [-0.3, -0.25) is 4.79 Å². The quantitative estimate of drug-likeness (QED) is 0.284. The lowest BCUT2D eigenvalue weighted by atomic mass is 9.99. The van der Waals surface area contributed by atoms with Crippen molar-refractivity contribution in [2.45, 2.75) is 25.9 Å². The van der Waals surface area contributed by atoms with Crippen LogP contribution in [0.5, 0.6) is 0 Å². The molecule has 7 nitrogen and oxygen atoms in total. The predicted molar refractivity (Wildman–Crippen MR) is 145 cm³/mol. The van der Waals surface area contributed by atoms with Gasteiger partial charge in [0.25, 0.3) is 0 Å². The smallest absolute Gasteiger partial charge is 0.241 e. The average molecular weight is 464 g/mol. The van der Waals surface area contributed by atoms with Gasteiger partial charge in [-0.15, -0.1) is 0 Å². The molecule has 3 aromatic carbocycles. The lowest BCUT2D eigenvalue weighted by Gasteiger charge is -2.14. The highest BCUT2D eigenvalue weighted by Gasteiger charge is 2.14. The van der Waals surface area contributed by atoms with Crippen LogP contribution in [0, 0.1) is 6.92 Å². The minimum Gasteiger partial charge on any atom is -0.366 e. The summed E-state index contributed by atoms with van der Waals surface area (Å²) >= 11 is 0. The highest BCUT2D eigenvalue weighted by atomic mass is 16.2.